The normalized spacial score (nSPS) is 19.8. The minimum Gasteiger partial charge on any atom is -0.611 e. The van der Waals surface area contributed by atoms with E-state index in [0.29, 0.717) is 28.8 Å². The van der Waals surface area contributed by atoms with Crippen molar-refractivity contribution in [2.45, 2.75) is 31.2 Å². The van der Waals surface area contributed by atoms with Crippen molar-refractivity contribution in [3.8, 4) is 5.88 Å². The molecule has 2 atom stereocenters. The molecule has 4 heterocycles. The molecule has 0 amide bonds. The van der Waals surface area contributed by atoms with Gasteiger partial charge in [0.05, 0.1) is 12.6 Å². The van der Waals surface area contributed by atoms with Gasteiger partial charge < -0.3 is 29.9 Å². The number of hydrogen-bond donors (Lipinski definition) is 3. The van der Waals surface area contributed by atoms with Gasteiger partial charge in [0.2, 0.25) is 16.7 Å². The molecule has 2 aliphatic heterocycles. The number of aromatic nitrogens is 3. The molecule has 1 fully saturated rings. The third-order valence-corrected chi connectivity index (χ3v) is 7.12. The van der Waals surface area contributed by atoms with Crippen molar-refractivity contribution >= 4 is 28.6 Å². The molecular weight excluding hydrogens is 404 g/mol. The molecule has 10 heteroatoms. The second-order valence-electron chi connectivity index (χ2n) is 7.97. The molecular formula is C20H28N6O3S. The molecule has 2 aliphatic rings. The SMILES string of the molecule is CC(C)C(CO)Nc1nc(N2CCN(c3ccnc(O)c3)CC2)nc2c1[S+]([O-])CC2. The fraction of sp³-hybridized carbons (Fsp3) is 0.550. The van der Waals surface area contributed by atoms with Crippen LogP contribution in [0.25, 0.3) is 0 Å². The number of piperazine rings is 1. The van der Waals surface area contributed by atoms with Crippen molar-refractivity contribution in [3.63, 3.8) is 0 Å². The largest absolute Gasteiger partial charge is 0.611 e. The molecule has 0 aromatic carbocycles. The van der Waals surface area contributed by atoms with Gasteiger partial charge in [-0.25, -0.2) is 9.97 Å². The highest BCUT2D eigenvalue weighted by Crippen LogP contribution is 2.33. The Morgan fingerprint density at radius 3 is 2.60 bits per heavy atom. The van der Waals surface area contributed by atoms with Crippen molar-refractivity contribution in [1.82, 2.24) is 15.0 Å². The minimum absolute atomic E-state index is 0.0178. The number of aryl methyl sites for hydroxylation is 1. The van der Waals surface area contributed by atoms with Gasteiger partial charge in [-0.15, -0.1) is 0 Å². The van der Waals surface area contributed by atoms with Gasteiger partial charge in [0.25, 0.3) is 0 Å². The standard InChI is InChI=1S/C20H28N6O3S/c1-13(2)16(12-27)22-19-18-15(4-10-30(18)29)23-20(24-19)26-8-6-25(7-9-26)14-3-5-21-17(28)11-14/h3,5,11,13,16,27H,4,6-10,12H2,1-2H3,(H,21,28)(H,22,23,24). The van der Waals surface area contributed by atoms with Gasteiger partial charge in [-0.3, -0.25) is 0 Å². The number of rotatable bonds is 6. The molecule has 2 aromatic heterocycles. The smallest absolute Gasteiger partial charge is 0.228 e. The van der Waals surface area contributed by atoms with Crippen LogP contribution in [0.4, 0.5) is 17.5 Å². The summed E-state index contributed by atoms with van der Waals surface area (Å²) in [5, 5.41) is 22.7. The summed E-state index contributed by atoms with van der Waals surface area (Å²) in [4.78, 5) is 18.3. The van der Waals surface area contributed by atoms with E-state index >= 15 is 0 Å². The maximum Gasteiger partial charge on any atom is 0.228 e. The zero-order chi connectivity index (χ0) is 21.3. The first-order chi connectivity index (χ1) is 14.5. The summed E-state index contributed by atoms with van der Waals surface area (Å²) >= 11 is -1.11. The average Bonchev–Trinajstić information content (AvgIpc) is 3.12. The molecule has 0 aliphatic carbocycles. The number of aromatic hydroxyl groups is 1. The van der Waals surface area contributed by atoms with Crippen molar-refractivity contribution in [2.24, 2.45) is 5.92 Å². The summed E-state index contributed by atoms with van der Waals surface area (Å²) < 4.78 is 12.5. The van der Waals surface area contributed by atoms with Crippen LogP contribution in [0.3, 0.4) is 0 Å². The lowest BCUT2D eigenvalue weighted by Crippen LogP contribution is -2.47. The summed E-state index contributed by atoms with van der Waals surface area (Å²) in [6.45, 7) is 7.05. The van der Waals surface area contributed by atoms with Gasteiger partial charge in [0, 0.05) is 50.6 Å². The van der Waals surface area contributed by atoms with Gasteiger partial charge in [-0.05, 0) is 23.2 Å². The van der Waals surface area contributed by atoms with Gasteiger partial charge in [0.1, 0.15) is 11.4 Å². The second-order valence-corrected chi connectivity index (χ2v) is 9.48. The molecule has 30 heavy (non-hydrogen) atoms. The van der Waals surface area contributed by atoms with Crippen LogP contribution in [0.1, 0.15) is 19.5 Å². The third kappa shape index (κ3) is 4.26. The Balaban J connectivity index is 1.54. The number of aliphatic hydroxyl groups is 1. The molecule has 9 nitrogen and oxygen atoms in total. The number of aliphatic hydroxyl groups excluding tert-OH is 1. The van der Waals surface area contributed by atoms with E-state index in [-0.39, 0.29) is 24.4 Å². The Hall–Kier alpha value is -2.30. The molecule has 3 N–H and O–H groups in total. The van der Waals surface area contributed by atoms with Gasteiger partial charge in [-0.2, -0.15) is 4.98 Å². The van der Waals surface area contributed by atoms with Crippen LogP contribution in [0.2, 0.25) is 0 Å². The fourth-order valence-corrected chi connectivity index (χ4v) is 5.10. The van der Waals surface area contributed by atoms with Gasteiger partial charge in [-0.1, -0.05) is 13.8 Å². The fourth-order valence-electron chi connectivity index (χ4n) is 3.79. The highest BCUT2D eigenvalue weighted by atomic mass is 32.2. The van der Waals surface area contributed by atoms with E-state index in [1.165, 1.54) is 0 Å². The maximum absolute atomic E-state index is 12.5. The lowest BCUT2D eigenvalue weighted by atomic mass is 10.1. The van der Waals surface area contributed by atoms with Gasteiger partial charge >= 0.3 is 0 Å². The van der Waals surface area contributed by atoms with E-state index in [4.69, 9.17) is 9.97 Å². The zero-order valence-electron chi connectivity index (χ0n) is 17.3. The molecule has 0 bridgehead atoms. The maximum atomic E-state index is 12.5. The predicted octanol–water partition coefficient (Wildman–Crippen LogP) is 0.996. The monoisotopic (exact) mass is 432 g/mol. The molecule has 0 saturated carbocycles. The number of hydrogen-bond acceptors (Lipinski definition) is 9. The van der Waals surface area contributed by atoms with E-state index in [9.17, 15) is 14.8 Å². The predicted molar refractivity (Wildman–Crippen MR) is 117 cm³/mol. The third-order valence-electron chi connectivity index (χ3n) is 5.66. The quantitative estimate of drug-likeness (QED) is 0.574. The molecule has 0 radical (unpaired) electrons. The van der Waals surface area contributed by atoms with E-state index in [1.807, 2.05) is 19.9 Å². The number of pyridine rings is 1. The van der Waals surface area contributed by atoms with E-state index in [1.54, 1.807) is 12.3 Å². The van der Waals surface area contributed by atoms with Crippen LogP contribution in [0.5, 0.6) is 5.88 Å². The van der Waals surface area contributed by atoms with Gasteiger partial charge in [0.15, 0.2) is 5.82 Å². The van der Waals surface area contributed by atoms with E-state index in [2.05, 4.69) is 20.1 Å². The Kier molecular flexibility index (Phi) is 6.16. The molecule has 4 rings (SSSR count). The number of anilines is 3. The lowest BCUT2D eigenvalue weighted by molar-refractivity contribution is 0.248. The second kappa shape index (κ2) is 8.83. The Labute approximate surface area is 179 Å². The molecule has 0 spiro atoms. The highest BCUT2D eigenvalue weighted by Gasteiger charge is 2.34. The topological polar surface area (TPSA) is 121 Å². The molecule has 1 saturated heterocycles. The molecule has 2 aromatic rings. The Bertz CT molecular complexity index is 891. The van der Waals surface area contributed by atoms with Crippen molar-refractivity contribution < 1.29 is 14.8 Å². The van der Waals surface area contributed by atoms with Crippen LogP contribution >= 0.6 is 0 Å². The number of fused-ring (bicyclic) bond motifs is 1. The van der Waals surface area contributed by atoms with Crippen LogP contribution in [-0.2, 0) is 17.6 Å². The first-order valence-corrected chi connectivity index (χ1v) is 11.6. The lowest BCUT2D eigenvalue weighted by Gasteiger charge is -2.36. The molecule has 2 unspecified atom stereocenters. The van der Waals surface area contributed by atoms with Crippen molar-refractivity contribution in [1.29, 1.82) is 0 Å². The summed E-state index contributed by atoms with van der Waals surface area (Å²) in [6.07, 6.45) is 2.28. The number of nitrogens with one attached hydrogen (secondary N) is 1. The Morgan fingerprint density at radius 1 is 1.20 bits per heavy atom. The van der Waals surface area contributed by atoms with E-state index < -0.39 is 11.2 Å². The van der Waals surface area contributed by atoms with Crippen LogP contribution in [-0.4, -0.2) is 74.3 Å². The average molecular weight is 433 g/mol. The number of nitrogens with zero attached hydrogens (tertiary/aromatic N) is 5. The highest BCUT2D eigenvalue weighted by molar-refractivity contribution is 7.91. The van der Waals surface area contributed by atoms with Crippen molar-refractivity contribution in [3.05, 3.63) is 24.0 Å². The summed E-state index contributed by atoms with van der Waals surface area (Å²) in [6, 6.07) is 3.39. The van der Waals surface area contributed by atoms with Crippen LogP contribution in [0, 0.1) is 5.92 Å². The Morgan fingerprint density at radius 2 is 1.93 bits per heavy atom. The summed E-state index contributed by atoms with van der Waals surface area (Å²) in [5.41, 5.74) is 1.78. The summed E-state index contributed by atoms with van der Waals surface area (Å²) in [5.74, 6) is 2.00. The zero-order valence-corrected chi connectivity index (χ0v) is 18.1. The molecule has 162 valence electrons. The first-order valence-electron chi connectivity index (χ1n) is 10.3. The summed E-state index contributed by atoms with van der Waals surface area (Å²) in [7, 11) is 0. The first kappa shape index (κ1) is 21.0. The van der Waals surface area contributed by atoms with E-state index in [0.717, 1.165) is 37.6 Å². The van der Waals surface area contributed by atoms with Crippen molar-refractivity contribution in [2.75, 3.05) is 53.7 Å². The van der Waals surface area contributed by atoms with Crippen LogP contribution < -0.4 is 15.1 Å². The minimum atomic E-state index is -1.11. The van der Waals surface area contributed by atoms with Crippen LogP contribution in [0.15, 0.2) is 23.2 Å².